The minimum atomic E-state index is -1.19. The molecule has 0 aliphatic carbocycles. The lowest BCUT2D eigenvalue weighted by atomic mass is 9.93. The summed E-state index contributed by atoms with van der Waals surface area (Å²) in [5, 5.41) is 12.3. The number of ketones is 1. The van der Waals surface area contributed by atoms with Crippen LogP contribution in [0.5, 0.6) is 0 Å². The van der Waals surface area contributed by atoms with Crippen molar-refractivity contribution in [1.82, 2.24) is 26.2 Å². The molecule has 1 saturated heterocycles. The summed E-state index contributed by atoms with van der Waals surface area (Å²) in [6.45, 7) is 9.18. The summed E-state index contributed by atoms with van der Waals surface area (Å²) in [5.74, 6) is -4.70. The molecule has 0 aromatic heterocycles. The van der Waals surface area contributed by atoms with Crippen molar-refractivity contribution in [2.24, 2.45) is 17.6 Å². The number of hydrogen-bond donors (Lipinski definition) is 5. The van der Waals surface area contributed by atoms with E-state index >= 15 is 0 Å². The minimum Gasteiger partial charge on any atom is -0.379 e. The number of nitrogens with one attached hydrogen (secondary N) is 4. The smallest absolute Gasteiger partial charge is 0.290 e. The van der Waals surface area contributed by atoms with Gasteiger partial charge in [0.2, 0.25) is 29.4 Å². The second kappa shape index (κ2) is 18.1. The van der Waals surface area contributed by atoms with E-state index in [0.29, 0.717) is 39.1 Å². The van der Waals surface area contributed by atoms with Gasteiger partial charge in [0.05, 0.1) is 32.3 Å². The molecule has 6 N–H and O–H groups in total. The zero-order valence-electron chi connectivity index (χ0n) is 27.7. The van der Waals surface area contributed by atoms with E-state index in [-0.39, 0.29) is 24.8 Å². The number of amides is 5. The maximum Gasteiger partial charge on any atom is 0.290 e. The number of fused-ring (bicyclic) bond motifs is 1. The molecule has 256 valence electrons. The molecule has 2 aromatic rings. The summed E-state index contributed by atoms with van der Waals surface area (Å²) in [6, 6.07) is 10.2. The SMILES string of the molecule is CC[C@H](C)C(NC(=O)C(CC(C)C)NC(=O)CN1CCOCC1)C(=O)C(=O)NCC(=O)NC(Cc1ccc2ccccc2c1)C(N)=O. The molecular weight excluding hydrogens is 604 g/mol. The van der Waals surface area contributed by atoms with Crippen LogP contribution < -0.4 is 27.0 Å². The van der Waals surface area contributed by atoms with Gasteiger partial charge in [-0.3, -0.25) is 33.7 Å². The van der Waals surface area contributed by atoms with E-state index < -0.39 is 60.0 Å². The van der Waals surface area contributed by atoms with Gasteiger partial charge in [0, 0.05) is 19.5 Å². The number of nitrogens with zero attached hydrogens (tertiary/aromatic N) is 1. The zero-order chi connectivity index (χ0) is 34.5. The first-order valence-corrected chi connectivity index (χ1v) is 16.2. The quantitative estimate of drug-likeness (QED) is 0.152. The molecule has 1 heterocycles. The fraction of sp³-hybridized carbons (Fsp3) is 0.529. The third kappa shape index (κ3) is 11.7. The highest BCUT2D eigenvalue weighted by molar-refractivity contribution is 6.38. The number of benzene rings is 2. The average Bonchev–Trinajstić information content (AvgIpc) is 3.04. The van der Waals surface area contributed by atoms with Crippen molar-refractivity contribution in [2.75, 3.05) is 39.4 Å². The highest BCUT2D eigenvalue weighted by atomic mass is 16.5. The van der Waals surface area contributed by atoms with Crippen molar-refractivity contribution >= 4 is 46.1 Å². The molecule has 1 aliphatic rings. The third-order valence-corrected chi connectivity index (χ3v) is 8.19. The van der Waals surface area contributed by atoms with Crippen LogP contribution in [0, 0.1) is 11.8 Å². The monoisotopic (exact) mass is 652 g/mol. The van der Waals surface area contributed by atoms with Gasteiger partial charge in [-0.2, -0.15) is 0 Å². The lowest BCUT2D eigenvalue weighted by Crippen LogP contribution is -2.57. The Kier molecular flexibility index (Phi) is 14.3. The van der Waals surface area contributed by atoms with Gasteiger partial charge < -0.3 is 31.7 Å². The van der Waals surface area contributed by atoms with Crippen LogP contribution in [-0.2, 0) is 39.9 Å². The highest BCUT2D eigenvalue weighted by Gasteiger charge is 2.34. The van der Waals surface area contributed by atoms with E-state index in [1.807, 2.05) is 68.1 Å². The second-order valence-corrected chi connectivity index (χ2v) is 12.5. The molecular formula is C34H48N6O7. The van der Waals surface area contributed by atoms with E-state index in [4.69, 9.17) is 10.5 Å². The summed E-state index contributed by atoms with van der Waals surface area (Å²) in [4.78, 5) is 79.1. The summed E-state index contributed by atoms with van der Waals surface area (Å²) in [6.07, 6.45) is 0.938. The van der Waals surface area contributed by atoms with Crippen molar-refractivity contribution in [3.8, 4) is 0 Å². The van der Waals surface area contributed by atoms with Crippen molar-refractivity contribution in [1.29, 1.82) is 0 Å². The highest BCUT2D eigenvalue weighted by Crippen LogP contribution is 2.17. The minimum absolute atomic E-state index is 0.0551. The normalized spacial score (nSPS) is 16.0. The molecule has 5 amide bonds. The molecule has 2 aromatic carbocycles. The summed E-state index contributed by atoms with van der Waals surface area (Å²) in [7, 11) is 0. The number of nitrogens with two attached hydrogens (primary N) is 1. The Bertz CT molecular complexity index is 1420. The first kappa shape index (κ1) is 37.1. The van der Waals surface area contributed by atoms with Crippen LogP contribution in [0.2, 0.25) is 0 Å². The van der Waals surface area contributed by atoms with E-state index in [0.717, 1.165) is 16.3 Å². The Morgan fingerprint density at radius 1 is 0.872 bits per heavy atom. The lowest BCUT2D eigenvalue weighted by molar-refractivity contribution is -0.142. The molecule has 13 nitrogen and oxygen atoms in total. The van der Waals surface area contributed by atoms with Crippen LogP contribution >= 0.6 is 0 Å². The molecule has 47 heavy (non-hydrogen) atoms. The molecule has 0 spiro atoms. The van der Waals surface area contributed by atoms with Crippen LogP contribution in [0.4, 0.5) is 0 Å². The molecule has 4 atom stereocenters. The second-order valence-electron chi connectivity index (χ2n) is 12.5. The van der Waals surface area contributed by atoms with Gasteiger partial charge in [-0.15, -0.1) is 0 Å². The number of morpholine rings is 1. The average molecular weight is 653 g/mol. The molecule has 1 aliphatic heterocycles. The molecule has 0 saturated carbocycles. The number of Topliss-reactive ketones (excluding diaryl/α,β-unsaturated/α-hetero) is 1. The van der Waals surface area contributed by atoms with Gasteiger partial charge in [-0.25, -0.2) is 0 Å². The number of ether oxygens (including phenoxy) is 1. The topological polar surface area (TPSA) is 189 Å². The number of hydrogen-bond acceptors (Lipinski definition) is 8. The Labute approximate surface area is 275 Å². The van der Waals surface area contributed by atoms with Crippen molar-refractivity contribution in [2.45, 2.75) is 65.1 Å². The Morgan fingerprint density at radius 2 is 1.53 bits per heavy atom. The van der Waals surface area contributed by atoms with Crippen molar-refractivity contribution < 1.29 is 33.5 Å². The first-order chi connectivity index (χ1) is 22.4. The number of carbonyl (C=O) groups excluding carboxylic acids is 6. The van der Waals surface area contributed by atoms with Crippen LogP contribution in [0.15, 0.2) is 42.5 Å². The predicted octanol–water partition coefficient (Wildman–Crippen LogP) is 0.432. The van der Waals surface area contributed by atoms with Crippen LogP contribution in [0.3, 0.4) is 0 Å². The molecule has 13 heteroatoms. The standard InChI is InChI=1S/C34H48N6O7/c1-5-22(4)30(39-33(45)27(16-21(2)3)38-29(42)20-40-12-14-47-15-13-40)31(43)34(46)36-19-28(41)37-26(32(35)44)18-23-10-11-24-8-6-7-9-25(24)17-23/h6-11,17,21-22,26-27,30H,5,12-16,18-20H2,1-4H3,(H2,35,44)(H,36,46)(H,37,41)(H,38,42)(H,39,45)/t22-,26?,27?,30?/m0/s1. The van der Waals surface area contributed by atoms with E-state index in [1.165, 1.54) is 0 Å². The number of primary amides is 1. The summed E-state index contributed by atoms with van der Waals surface area (Å²) >= 11 is 0. The van der Waals surface area contributed by atoms with Gasteiger partial charge in [0.15, 0.2) is 0 Å². The molecule has 0 radical (unpaired) electrons. The number of rotatable bonds is 17. The van der Waals surface area contributed by atoms with Crippen molar-refractivity contribution in [3.63, 3.8) is 0 Å². The third-order valence-electron chi connectivity index (χ3n) is 8.19. The summed E-state index contributed by atoms with van der Waals surface area (Å²) in [5.41, 5.74) is 6.33. The van der Waals surface area contributed by atoms with Crippen LogP contribution in [0.25, 0.3) is 10.8 Å². The van der Waals surface area contributed by atoms with Gasteiger partial charge in [-0.1, -0.05) is 76.6 Å². The van der Waals surface area contributed by atoms with Gasteiger partial charge in [0.1, 0.15) is 12.1 Å². The lowest BCUT2D eigenvalue weighted by Gasteiger charge is -2.28. The van der Waals surface area contributed by atoms with Gasteiger partial charge >= 0.3 is 0 Å². The van der Waals surface area contributed by atoms with Crippen LogP contribution in [-0.4, -0.2) is 97.7 Å². The van der Waals surface area contributed by atoms with E-state index in [2.05, 4.69) is 21.3 Å². The van der Waals surface area contributed by atoms with Gasteiger partial charge in [-0.05, 0) is 34.6 Å². The fourth-order valence-electron chi connectivity index (χ4n) is 5.32. The Hall–Kier alpha value is -4.36. The molecule has 3 unspecified atom stereocenters. The maximum atomic E-state index is 13.4. The molecule has 0 bridgehead atoms. The Balaban J connectivity index is 1.58. The maximum absolute atomic E-state index is 13.4. The zero-order valence-corrected chi connectivity index (χ0v) is 27.7. The van der Waals surface area contributed by atoms with E-state index in [1.54, 1.807) is 6.92 Å². The van der Waals surface area contributed by atoms with Gasteiger partial charge in [0.25, 0.3) is 5.91 Å². The first-order valence-electron chi connectivity index (χ1n) is 16.2. The largest absolute Gasteiger partial charge is 0.379 e. The Morgan fingerprint density at radius 3 is 2.17 bits per heavy atom. The molecule has 1 fully saturated rings. The fourth-order valence-corrected chi connectivity index (χ4v) is 5.32. The number of carbonyl (C=O) groups is 6. The molecule has 3 rings (SSSR count). The predicted molar refractivity (Wildman–Crippen MR) is 177 cm³/mol. The van der Waals surface area contributed by atoms with Crippen LogP contribution in [0.1, 0.15) is 46.1 Å². The van der Waals surface area contributed by atoms with E-state index in [9.17, 15) is 28.8 Å². The van der Waals surface area contributed by atoms with Crippen molar-refractivity contribution in [3.05, 3.63) is 48.0 Å². The summed E-state index contributed by atoms with van der Waals surface area (Å²) < 4.78 is 5.32.